The fourth-order valence-corrected chi connectivity index (χ4v) is 3.42. The number of anilines is 1. The zero-order valence-corrected chi connectivity index (χ0v) is 15.9. The number of para-hydroxylation sites is 1. The number of carbonyl (C=O) groups excluding carboxylic acids is 2. The van der Waals surface area contributed by atoms with Gasteiger partial charge in [0.2, 0.25) is 0 Å². The second-order valence-electron chi connectivity index (χ2n) is 5.77. The van der Waals surface area contributed by atoms with Crippen molar-refractivity contribution in [3.63, 3.8) is 0 Å². The molecule has 1 heterocycles. The molecular formula is C20H19FN2O4S. The predicted molar refractivity (Wildman–Crippen MR) is 106 cm³/mol. The molecule has 1 saturated heterocycles. The van der Waals surface area contributed by atoms with Crippen LogP contribution in [0.3, 0.4) is 0 Å². The highest BCUT2D eigenvalue weighted by atomic mass is 32.2. The third-order valence-corrected chi connectivity index (χ3v) is 4.76. The van der Waals surface area contributed by atoms with Gasteiger partial charge in [0.1, 0.15) is 11.6 Å². The summed E-state index contributed by atoms with van der Waals surface area (Å²) in [4.78, 5) is 24.0. The van der Waals surface area contributed by atoms with Crippen LogP contribution in [0.5, 0.6) is 5.75 Å². The minimum Gasteiger partial charge on any atom is -0.482 e. The number of nitrogens with one attached hydrogen (secondary N) is 2. The number of hydrogen-bond acceptors (Lipinski definition) is 6. The van der Waals surface area contributed by atoms with Gasteiger partial charge in [-0.3, -0.25) is 4.79 Å². The van der Waals surface area contributed by atoms with Crippen molar-refractivity contribution < 1.29 is 23.5 Å². The Balaban J connectivity index is 1.59. The zero-order chi connectivity index (χ0) is 19.9. The van der Waals surface area contributed by atoms with Crippen molar-refractivity contribution in [2.75, 3.05) is 18.5 Å². The average Bonchev–Trinajstić information content (AvgIpc) is 3.02. The quantitative estimate of drug-likeness (QED) is 0.546. The van der Waals surface area contributed by atoms with Crippen LogP contribution in [-0.4, -0.2) is 30.6 Å². The summed E-state index contributed by atoms with van der Waals surface area (Å²) in [6, 6.07) is 13.3. The van der Waals surface area contributed by atoms with Crippen LogP contribution < -0.4 is 15.4 Å². The highest BCUT2D eigenvalue weighted by Crippen LogP contribution is 2.31. The highest BCUT2D eigenvalue weighted by molar-refractivity contribution is 8.05. The van der Waals surface area contributed by atoms with E-state index in [0.717, 1.165) is 5.56 Å². The molecule has 1 atom stereocenters. The highest BCUT2D eigenvalue weighted by Gasteiger charge is 2.27. The summed E-state index contributed by atoms with van der Waals surface area (Å²) in [6.45, 7) is 1.88. The first-order valence-corrected chi connectivity index (χ1v) is 9.52. The van der Waals surface area contributed by atoms with Gasteiger partial charge < -0.3 is 20.1 Å². The van der Waals surface area contributed by atoms with Crippen LogP contribution in [0.2, 0.25) is 0 Å². The van der Waals surface area contributed by atoms with Gasteiger partial charge in [0.15, 0.2) is 12.1 Å². The maximum absolute atomic E-state index is 13.7. The summed E-state index contributed by atoms with van der Waals surface area (Å²) < 4.78 is 23.9. The molecular weight excluding hydrogens is 383 g/mol. The molecule has 0 spiro atoms. The lowest BCUT2D eigenvalue weighted by molar-refractivity contribution is -0.145. The van der Waals surface area contributed by atoms with Crippen molar-refractivity contribution in [3.05, 3.63) is 64.8 Å². The van der Waals surface area contributed by atoms with Crippen LogP contribution in [0.1, 0.15) is 12.5 Å². The van der Waals surface area contributed by atoms with Gasteiger partial charge in [-0.05, 0) is 42.8 Å². The number of benzene rings is 2. The van der Waals surface area contributed by atoms with Gasteiger partial charge in [-0.1, -0.05) is 36.0 Å². The lowest BCUT2D eigenvalue weighted by Gasteiger charge is -2.12. The lowest BCUT2D eigenvalue weighted by Crippen LogP contribution is -2.31. The van der Waals surface area contributed by atoms with Gasteiger partial charge in [-0.15, -0.1) is 0 Å². The van der Waals surface area contributed by atoms with Gasteiger partial charge in [-0.25, -0.2) is 9.18 Å². The largest absolute Gasteiger partial charge is 0.482 e. The Kier molecular flexibility index (Phi) is 6.54. The Morgan fingerprint density at radius 2 is 2.00 bits per heavy atom. The third-order valence-electron chi connectivity index (χ3n) is 3.73. The predicted octanol–water partition coefficient (Wildman–Crippen LogP) is 3.37. The van der Waals surface area contributed by atoms with E-state index in [-0.39, 0.29) is 18.3 Å². The van der Waals surface area contributed by atoms with E-state index in [1.54, 1.807) is 55.5 Å². The summed E-state index contributed by atoms with van der Waals surface area (Å²) in [5.74, 6) is -0.520. The van der Waals surface area contributed by atoms with Gasteiger partial charge >= 0.3 is 5.97 Å². The van der Waals surface area contributed by atoms with E-state index >= 15 is 0 Å². The van der Waals surface area contributed by atoms with E-state index in [9.17, 15) is 14.0 Å². The van der Waals surface area contributed by atoms with Gasteiger partial charge in [0, 0.05) is 0 Å². The van der Waals surface area contributed by atoms with Crippen molar-refractivity contribution >= 4 is 35.4 Å². The van der Waals surface area contributed by atoms with Crippen molar-refractivity contribution in [1.29, 1.82) is 0 Å². The molecule has 2 N–H and O–H groups in total. The molecule has 0 saturated carbocycles. The number of hydrogen-bond donors (Lipinski definition) is 2. The number of rotatable bonds is 7. The van der Waals surface area contributed by atoms with Crippen molar-refractivity contribution in [3.8, 4) is 5.75 Å². The molecule has 28 heavy (non-hydrogen) atoms. The molecule has 0 aliphatic carbocycles. The van der Waals surface area contributed by atoms with Crippen LogP contribution in [-0.2, 0) is 14.3 Å². The Hall–Kier alpha value is -3.00. The first kappa shape index (κ1) is 19.8. The first-order chi connectivity index (χ1) is 13.5. The van der Waals surface area contributed by atoms with E-state index < -0.39 is 11.5 Å². The van der Waals surface area contributed by atoms with Crippen molar-refractivity contribution in [2.45, 2.75) is 12.4 Å². The van der Waals surface area contributed by atoms with Crippen LogP contribution in [0.4, 0.5) is 10.1 Å². The van der Waals surface area contributed by atoms with Gasteiger partial charge in [0.25, 0.3) is 5.91 Å². The lowest BCUT2D eigenvalue weighted by atomic mass is 10.2. The molecule has 2 aromatic rings. The molecule has 1 aliphatic heterocycles. The summed E-state index contributed by atoms with van der Waals surface area (Å²) >= 11 is 1.27. The fraction of sp³-hybridized carbons (Fsp3) is 0.200. The van der Waals surface area contributed by atoms with Crippen LogP contribution in [0.15, 0.2) is 53.4 Å². The second-order valence-corrected chi connectivity index (χ2v) is 6.91. The molecule has 6 nitrogen and oxygen atoms in total. The van der Waals surface area contributed by atoms with E-state index in [0.29, 0.717) is 22.9 Å². The summed E-state index contributed by atoms with van der Waals surface area (Å²) in [5.41, 5.74) is 0.667. The molecule has 0 radical (unpaired) electrons. The minimum atomic E-state index is -0.456. The second kappa shape index (κ2) is 9.27. The maximum atomic E-state index is 13.7. The monoisotopic (exact) mass is 402 g/mol. The molecule has 0 bridgehead atoms. The molecule has 146 valence electrons. The average molecular weight is 402 g/mol. The van der Waals surface area contributed by atoms with Gasteiger partial charge in [0.05, 0.1) is 17.2 Å². The first-order valence-electron chi connectivity index (χ1n) is 8.64. The molecule has 3 rings (SSSR count). The molecule has 1 fully saturated rings. The number of halogens is 1. The molecule has 1 amide bonds. The normalized spacial score (nSPS) is 17.3. The van der Waals surface area contributed by atoms with E-state index in [2.05, 4.69) is 10.6 Å². The molecule has 2 aromatic carbocycles. The van der Waals surface area contributed by atoms with Crippen LogP contribution in [0, 0.1) is 5.82 Å². The molecule has 1 aliphatic rings. The molecule has 8 heteroatoms. The van der Waals surface area contributed by atoms with E-state index in [1.165, 1.54) is 17.8 Å². The number of ether oxygens (including phenoxy) is 2. The maximum Gasteiger partial charge on any atom is 0.344 e. The zero-order valence-electron chi connectivity index (χ0n) is 15.1. The number of esters is 1. The fourth-order valence-electron chi connectivity index (χ4n) is 2.44. The van der Waals surface area contributed by atoms with E-state index in [4.69, 9.17) is 9.47 Å². The standard InChI is InChI=1S/C20H19FN2O4S/c1-2-26-18(24)12-27-14-9-7-13(8-10-14)11-17-19(25)23-20(28-17)22-16-6-4-3-5-15(16)21/h3-11,20,22H,2,12H2,1H3,(H,23,25)/b17-11-. The Morgan fingerprint density at radius 3 is 2.71 bits per heavy atom. The third kappa shape index (κ3) is 5.26. The minimum absolute atomic E-state index is 0.157. The summed E-state index contributed by atoms with van der Waals surface area (Å²) in [5, 5.41) is 5.71. The summed E-state index contributed by atoms with van der Waals surface area (Å²) in [7, 11) is 0. The number of carbonyl (C=O) groups is 2. The Bertz CT molecular complexity index is 886. The topological polar surface area (TPSA) is 76.7 Å². The number of amides is 1. The van der Waals surface area contributed by atoms with Crippen LogP contribution in [0.25, 0.3) is 6.08 Å². The van der Waals surface area contributed by atoms with E-state index in [1.807, 2.05) is 0 Å². The smallest absolute Gasteiger partial charge is 0.344 e. The molecule has 0 aromatic heterocycles. The number of thioether (sulfide) groups is 1. The molecule has 1 unspecified atom stereocenters. The summed E-state index contributed by atoms with van der Waals surface area (Å²) in [6.07, 6.45) is 1.73. The SMILES string of the molecule is CCOC(=O)COc1ccc(/C=C2\SC(Nc3ccccc3F)NC2=O)cc1. The van der Waals surface area contributed by atoms with Gasteiger partial charge in [-0.2, -0.15) is 0 Å². The van der Waals surface area contributed by atoms with Crippen LogP contribution >= 0.6 is 11.8 Å². The Morgan fingerprint density at radius 1 is 1.25 bits per heavy atom. The van der Waals surface area contributed by atoms with Crippen molar-refractivity contribution in [2.24, 2.45) is 0 Å². The van der Waals surface area contributed by atoms with Crippen molar-refractivity contribution in [1.82, 2.24) is 5.32 Å². The Labute approximate surface area is 166 Å².